The minimum absolute atomic E-state index is 0.727. The van der Waals surface area contributed by atoms with Crippen molar-refractivity contribution in [1.82, 2.24) is 4.90 Å². The van der Waals surface area contributed by atoms with Gasteiger partial charge < -0.3 is 14.4 Å². The third-order valence-electron chi connectivity index (χ3n) is 4.24. The molecule has 3 heteroatoms. The zero-order valence-corrected chi connectivity index (χ0v) is 13.8. The van der Waals surface area contributed by atoms with E-state index in [1.165, 1.54) is 25.9 Å². The summed E-state index contributed by atoms with van der Waals surface area (Å²) in [5, 5.41) is 0. The summed E-state index contributed by atoms with van der Waals surface area (Å²) in [7, 11) is 0. The monoisotopic (exact) mass is 311 g/mol. The van der Waals surface area contributed by atoms with Gasteiger partial charge in [-0.1, -0.05) is 30.3 Å². The fraction of sp³-hybridized carbons (Fsp3) is 0.400. The molecule has 1 heterocycles. The maximum atomic E-state index is 6.04. The summed E-state index contributed by atoms with van der Waals surface area (Å²) < 4.78 is 12.0. The van der Waals surface area contributed by atoms with Crippen molar-refractivity contribution in [3.8, 4) is 17.2 Å². The minimum atomic E-state index is 0.727. The Kier molecular flexibility index (Phi) is 5.54. The Morgan fingerprint density at radius 3 is 2.26 bits per heavy atom. The van der Waals surface area contributed by atoms with Gasteiger partial charge in [-0.15, -0.1) is 0 Å². The Bertz CT molecular complexity index is 621. The smallest absolute Gasteiger partial charge is 0.169 e. The molecule has 0 bridgehead atoms. The van der Waals surface area contributed by atoms with Gasteiger partial charge in [-0.25, -0.2) is 0 Å². The van der Waals surface area contributed by atoms with Crippen LogP contribution < -0.4 is 9.47 Å². The molecule has 3 nitrogen and oxygen atoms in total. The van der Waals surface area contributed by atoms with Crippen molar-refractivity contribution in [2.75, 3.05) is 26.2 Å². The fourth-order valence-electron chi connectivity index (χ4n) is 2.92. The van der Waals surface area contributed by atoms with Crippen molar-refractivity contribution in [3.63, 3.8) is 0 Å². The number of likely N-dealkylation sites (tertiary alicyclic amines) is 1. The van der Waals surface area contributed by atoms with E-state index in [1.807, 2.05) is 42.5 Å². The first-order valence-electron chi connectivity index (χ1n) is 8.50. The first-order valence-corrected chi connectivity index (χ1v) is 8.50. The van der Waals surface area contributed by atoms with Gasteiger partial charge in [0.25, 0.3) is 0 Å². The SMILES string of the molecule is Cc1ccccc1Oc1ccccc1OCCCN1CCCC1. The summed E-state index contributed by atoms with van der Waals surface area (Å²) in [6.07, 6.45) is 3.74. The molecular weight excluding hydrogens is 286 g/mol. The molecule has 0 N–H and O–H groups in total. The molecule has 1 aliphatic heterocycles. The van der Waals surface area contributed by atoms with Crippen LogP contribution in [0.25, 0.3) is 0 Å². The lowest BCUT2D eigenvalue weighted by Crippen LogP contribution is -2.21. The molecule has 0 spiro atoms. The molecule has 1 saturated heterocycles. The van der Waals surface area contributed by atoms with Crippen LogP contribution in [-0.2, 0) is 0 Å². The molecule has 2 aromatic rings. The molecule has 1 aliphatic rings. The molecule has 3 rings (SSSR count). The van der Waals surface area contributed by atoms with Crippen molar-refractivity contribution in [1.29, 1.82) is 0 Å². The lowest BCUT2D eigenvalue weighted by Gasteiger charge is -2.16. The second kappa shape index (κ2) is 8.02. The molecular formula is C20H25NO2. The van der Waals surface area contributed by atoms with E-state index in [4.69, 9.17) is 9.47 Å². The number of ether oxygens (including phenoxy) is 2. The van der Waals surface area contributed by atoms with Gasteiger partial charge in [-0.05, 0) is 63.0 Å². The van der Waals surface area contributed by atoms with E-state index in [-0.39, 0.29) is 0 Å². The molecule has 23 heavy (non-hydrogen) atoms. The van der Waals surface area contributed by atoms with E-state index >= 15 is 0 Å². The molecule has 0 aromatic heterocycles. The number of hydrogen-bond donors (Lipinski definition) is 0. The Balaban J connectivity index is 1.56. The molecule has 0 atom stereocenters. The molecule has 0 radical (unpaired) electrons. The number of benzene rings is 2. The van der Waals surface area contributed by atoms with Crippen molar-refractivity contribution < 1.29 is 9.47 Å². The fourth-order valence-corrected chi connectivity index (χ4v) is 2.92. The largest absolute Gasteiger partial charge is 0.490 e. The van der Waals surface area contributed by atoms with Crippen LogP contribution >= 0.6 is 0 Å². The quantitative estimate of drug-likeness (QED) is 0.695. The van der Waals surface area contributed by atoms with Crippen molar-refractivity contribution in [3.05, 3.63) is 54.1 Å². The topological polar surface area (TPSA) is 21.7 Å². The summed E-state index contributed by atoms with van der Waals surface area (Å²) in [5.74, 6) is 2.47. The van der Waals surface area contributed by atoms with E-state index in [0.29, 0.717) is 0 Å². The summed E-state index contributed by atoms with van der Waals surface area (Å²) in [5.41, 5.74) is 1.12. The van der Waals surface area contributed by atoms with Gasteiger partial charge in [0.1, 0.15) is 5.75 Å². The van der Waals surface area contributed by atoms with Crippen LogP contribution in [0.1, 0.15) is 24.8 Å². The standard InChI is InChI=1S/C20H25NO2/c1-17-9-2-3-10-18(17)23-20-12-5-4-11-19(20)22-16-8-15-21-13-6-7-14-21/h2-5,9-12H,6-8,13-16H2,1H3. The Morgan fingerprint density at radius 1 is 0.870 bits per heavy atom. The van der Waals surface area contributed by atoms with Gasteiger partial charge in [0.05, 0.1) is 6.61 Å². The van der Waals surface area contributed by atoms with E-state index < -0.39 is 0 Å². The number of hydrogen-bond acceptors (Lipinski definition) is 3. The van der Waals surface area contributed by atoms with Gasteiger partial charge in [-0.2, -0.15) is 0 Å². The van der Waals surface area contributed by atoms with Gasteiger partial charge in [0, 0.05) is 6.54 Å². The predicted molar refractivity (Wildman–Crippen MR) is 93.5 cm³/mol. The molecule has 2 aromatic carbocycles. The molecule has 0 saturated carbocycles. The summed E-state index contributed by atoms with van der Waals surface area (Å²) in [6.45, 7) is 6.39. The third kappa shape index (κ3) is 4.49. The maximum absolute atomic E-state index is 6.04. The summed E-state index contributed by atoms with van der Waals surface area (Å²) in [6, 6.07) is 15.9. The van der Waals surface area contributed by atoms with Crippen LogP contribution in [0.3, 0.4) is 0 Å². The van der Waals surface area contributed by atoms with E-state index in [9.17, 15) is 0 Å². The van der Waals surface area contributed by atoms with Crippen molar-refractivity contribution in [2.45, 2.75) is 26.2 Å². The Labute approximate surface area is 138 Å². The van der Waals surface area contributed by atoms with E-state index in [0.717, 1.165) is 42.4 Å². The first-order chi connectivity index (χ1) is 11.3. The highest BCUT2D eigenvalue weighted by molar-refractivity contribution is 5.44. The van der Waals surface area contributed by atoms with Crippen LogP contribution in [-0.4, -0.2) is 31.1 Å². The van der Waals surface area contributed by atoms with Crippen LogP contribution in [0.2, 0.25) is 0 Å². The zero-order chi connectivity index (χ0) is 15.9. The van der Waals surface area contributed by atoms with Crippen molar-refractivity contribution >= 4 is 0 Å². The average molecular weight is 311 g/mol. The average Bonchev–Trinajstić information content (AvgIpc) is 3.08. The van der Waals surface area contributed by atoms with E-state index in [1.54, 1.807) is 0 Å². The van der Waals surface area contributed by atoms with Crippen LogP contribution in [0.4, 0.5) is 0 Å². The van der Waals surface area contributed by atoms with Gasteiger partial charge >= 0.3 is 0 Å². The predicted octanol–water partition coefficient (Wildman–Crippen LogP) is 4.65. The molecule has 1 fully saturated rings. The van der Waals surface area contributed by atoms with Gasteiger partial charge in [-0.3, -0.25) is 0 Å². The van der Waals surface area contributed by atoms with Gasteiger partial charge in [0.2, 0.25) is 0 Å². The third-order valence-corrected chi connectivity index (χ3v) is 4.24. The lowest BCUT2D eigenvalue weighted by atomic mass is 10.2. The zero-order valence-electron chi connectivity index (χ0n) is 13.8. The lowest BCUT2D eigenvalue weighted by molar-refractivity contribution is 0.257. The second-order valence-electron chi connectivity index (χ2n) is 6.07. The molecule has 122 valence electrons. The Morgan fingerprint density at radius 2 is 1.52 bits per heavy atom. The highest BCUT2D eigenvalue weighted by atomic mass is 16.5. The normalized spacial score (nSPS) is 14.8. The minimum Gasteiger partial charge on any atom is -0.490 e. The number of para-hydroxylation sites is 3. The summed E-state index contributed by atoms with van der Waals surface area (Å²) in [4.78, 5) is 2.51. The Hall–Kier alpha value is -2.00. The van der Waals surface area contributed by atoms with Crippen LogP contribution in [0, 0.1) is 6.92 Å². The number of aryl methyl sites for hydroxylation is 1. The second-order valence-corrected chi connectivity index (χ2v) is 6.07. The maximum Gasteiger partial charge on any atom is 0.169 e. The first kappa shape index (κ1) is 15.9. The number of rotatable bonds is 7. The molecule has 0 aliphatic carbocycles. The highest BCUT2D eigenvalue weighted by Gasteiger charge is 2.11. The molecule has 0 unspecified atom stereocenters. The van der Waals surface area contributed by atoms with Crippen molar-refractivity contribution in [2.24, 2.45) is 0 Å². The van der Waals surface area contributed by atoms with Crippen LogP contribution in [0.15, 0.2) is 48.5 Å². The van der Waals surface area contributed by atoms with E-state index in [2.05, 4.69) is 17.9 Å². The van der Waals surface area contributed by atoms with Gasteiger partial charge in [0.15, 0.2) is 11.5 Å². The summed E-state index contributed by atoms with van der Waals surface area (Å²) >= 11 is 0. The highest BCUT2D eigenvalue weighted by Crippen LogP contribution is 2.32. The van der Waals surface area contributed by atoms with Crippen LogP contribution in [0.5, 0.6) is 17.2 Å². The number of nitrogens with zero attached hydrogens (tertiary/aromatic N) is 1. The molecule has 0 amide bonds.